The second-order valence-corrected chi connectivity index (χ2v) is 2.42. The summed E-state index contributed by atoms with van der Waals surface area (Å²) in [6.45, 7) is 1.72. The zero-order valence-electron chi connectivity index (χ0n) is 8.90. The smallest absolute Gasteiger partial charge is 0.124 e. The molecule has 0 saturated heterocycles. The first-order valence-electron chi connectivity index (χ1n) is 4.01. The Hall–Kier alpha value is -0.437. The van der Waals surface area contributed by atoms with Crippen LogP contribution >= 0.6 is 0 Å². The Morgan fingerprint density at radius 3 is 2.07 bits per heavy atom. The third-order valence-electron chi connectivity index (χ3n) is 1.59. The van der Waals surface area contributed by atoms with Gasteiger partial charge in [-0.15, -0.1) is 0 Å². The van der Waals surface area contributed by atoms with E-state index >= 15 is 0 Å². The van der Waals surface area contributed by atoms with Crippen molar-refractivity contribution in [1.29, 1.82) is 0 Å². The van der Waals surface area contributed by atoms with Gasteiger partial charge in [0.2, 0.25) is 0 Å². The van der Waals surface area contributed by atoms with Crippen LogP contribution in [-0.4, -0.2) is 24.4 Å². The number of hydrogen-bond donors (Lipinski definition) is 2. The molecule has 0 heterocycles. The van der Waals surface area contributed by atoms with E-state index in [4.69, 9.17) is 9.84 Å². The van der Waals surface area contributed by atoms with Gasteiger partial charge in [-0.3, -0.25) is 0 Å². The van der Waals surface area contributed by atoms with Gasteiger partial charge in [0.25, 0.3) is 0 Å². The maximum absolute atomic E-state index is 9.26. The van der Waals surface area contributed by atoms with Gasteiger partial charge in [0.1, 0.15) is 5.75 Å². The molecular formula is C10H16O3Zn. The molecule has 0 saturated carbocycles. The molecule has 1 aromatic rings. The van der Waals surface area contributed by atoms with E-state index in [1.165, 1.54) is 0 Å². The van der Waals surface area contributed by atoms with E-state index in [9.17, 15) is 5.11 Å². The molecule has 1 atom stereocenters. The normalized spacial score (nSPS) is 10.4. The molecule has 1 unspecified atom stereocenters. The van der Waals surface area contributed by atoms with Crippen molar-refractivity contribution < 1.29 is 34.4 Å². The van der Waals surface area contributed by atoms with Gasteiger partial charge in [0.05, 0.1) is 13.2 Å². The van der Waals surface area contributed by atoms with Crippen molar-refractivity contribution in [2.45, 2.75) is 13.0 Å². The van der Waals surface area contributed by atoms with E-state index in [0.717, 1.165) is 18.4 Å². The number of ether oxygens (including phenoxy) is 1. The zero-order valence-corrected chi connectivity index (χ0v) is 11.9. The molecule has 1 rings (SSSR count). The molecule has 0 spiro atoms. The Balaban J connectivity index is 0. The van der Waals surface area contributed by atoms with Crippen LogP contribution in [-0.2, 0) is 19.5 Å². The third-order valence-corrected chi connectivity index (χ3v) is 1.59. The van der Waals surface area contributed by atoms with E-state index in [1.54, 1.807) is 14.0 Å². The van der Waals surface area contributed by atoms with Crippen LogP contribution in [0.1, 0.15) is 18.6 Å². The molecule has 14 heavy (non-hydrogen) atoms. The molecule has 0 aromatic heterocycles. The van der Waals surface area contributed by atoms with E-state index in [1.807, 2.05) is 24.3 Å². The SMILES string of the molecule is CO.COc1ccccc1C(C)O.[Zn]. The average molecular weight is 250 g/mol. The Morgan fingerprint density at radius 1 is 1.21 bits per heavy atom. The van der Waals surface area contributed by atoms with Crippen molar-refractivity contribution >= 4 is 0 Å². The monoisotopic (exact) mass is 248 g/mol. The first-order chi connectivity index (χ1) is 6.25. The number of benzene rings is 1. The van der Waals surface area contributed by atoms with Gasteiger partial charge in [-0.25, -0.2) is 0 Å². The van der Waals surface area contributed by atoms with E-state index in [0.29, 0.717) is 0 Å². The molecule has 0 radical (unpaired) electrons. The van der Waals surface area contributed by atoms with Crippen molar-refractivity contribution in [3.05, 3.63) is 29.8 Å². The van der Waals surface area contributed by atoms with Gasteiger partial charge in [-0.1, -0.05) is 18.2 Å². The Morgan fingerprint density at radius 2 is 1.71 bits per heavy atom. The van der Waals surface area contributed by atoms with Crippen LogP contribution in [0.2, 0.25) is 0 Å². The molecule has 4 heteroatoms. The molecule has 2 N–H and O–H groups in total. The summed E-state index contributed by atoms with van der Waals surface area (Å²) in [6, 6.07) is 7.45. The van der Waals surface area contributed by atoms with Gasteiger partial charge in [-0.2, -0.15) is 0 Å². The number of para-hydroxylation sites is 1. The summed E-state index contributed by atoms with van der Waals surface area (Å²) in [5, 5.41) is 16.3. The van der Waals surface area contributed by atoms with Crippen molar-refractivity contribution in [3.63, 3.8) is 0 Å². The Kier molecular flexibility index (Phi) is 10.4. The largest absolute Gasteiger partial charge is 0.496 e. The molecule has 3 nitrogen and oxygen atoms in total. The second kappa shape index (κ2) is 9.13. The summed E-state index contributed by atoms with van der Waals surface area (Å²) >= 11 is 0. The minimum atomic E-state index is -0.467. The first-order valence-corrected chi connectivity index (χ1v) is 4.01. The second-order valence-electron chi connectivity index (χ2n) is 2.42. The number of hydrogen-bond acceptors (Lipinski definition) is 3. The van der Waals surface area contributed by atoms with Crippen molar-refractivity contribution in [2.75, 3.05) is 14.2 Å². The quantitative estimate of drug-likeness (QED) is 0.778. The van der Waals surface area contributed by atoms with Crippen molar-refractivity contribution in [1.82, 2.24) is 0 Å². The molecule has 0 fully saturated rings. The molecule has 0 amide bonds. The Bertz CT molecular complexity index is 239. The zero-order chi connectivity index (χ0) is 10.3. The van der Waals surface area contributed by atoms with Gasteiger partial charge in [0.15, 0.2) is 0 Å². The summed E-state index contributed by atoms with van der Waals surface area (Å²) in [6.07, 6.45) is -0.467. The number of aliphatic hydroxyl groups excluding tert-OH is 2. The molecular weight excluding hydrogens is 233 g/mol. The standard InChI is InChI=1S/C9H12O2.CH4O.Zn/c1-7(10)8-5-3-4-6-9(8)11-2;1-2;/h3-7,10H,1-2H3;2H,1H3;. The minimum absolute atomic E-state index is 0. The van der Waals surface area contributed by atoms with Crippen molar-refractivity contribution in [2.24, 2.45) is 0 Å². The van der Waals surface area contributed by atoms with Crippen molar-refractivity contribution in [3.8, 4) is 5.75 Å². The van der Waals surface area contributed by atoms with Gasteiger partial charge in [0, 0.05) is 32.2 Å². The van der Waals surface area contributed by atoms with Crippen LogP contribution in [0.3, 0.4) is 0 Å². The summed E-state index contributed by atoms with van der Waals surface area (Å²) < 4.78 is 5.05. The van der Waals surface area contributed by atoms with E-state index < -0.39 is 6.10 Å². The molecule has 0 aliphatic carbocycles. The summed E-state index contributed by atoms with van der Waals surface area (Å²) in [5.74, 6) is 0.738. The predicted octanol–water partition coefficient (Wildman–Crippen LogP) is 1.35. The van der Waals surface area contributed by atoms with Crippen LogP contribution < -0.4 is 4.74 Å². The summed E-state index contributed by atoms with van der Waals surface area (Å²) in [5.41, 5.74) is 0.829. The van der Waals surface area contributed by atoms with Crippen LogP contribution in [0.25, 0.3) is 0 Å². The molecule has 1 aromatic carbocycles. The molecule has 0 aliphatic rings. The maximum Gasteiger partial charge on any atom is 0.124 e. The van der Waals surface area contributed by atoms with Crippen LogP contribution in [0.15, 0.2) is 24.3 Å². The van der Waals surface area contributed by atoms with Gasteiger partial charge >= 0.3 is 0 Å². The van der Waals surface area contributed by atoms with Gasteiger partial charge in [-0.05, 0) is 13.0 Å². The summed E-state index contributed by atoms with van der Waals surface area (Å²) in [7, 11) is 2.60. The maximum atomic E-state index is 9.26. The van der Waals surface area contributed by atoms with Gasteiger partial charge < -0.3 is 14.9 Å². The fourth-order valence-corrected chi connectivity index (χ4v) is 1.01. The van der Waals surface area contributed by atoms with E-state index in [2.05, 4.69) is 0 Å². The van der Waals surface area contributed by atoms with Crippen LogP contribution in [0, 0.1) is 0 Å². The fourth-order valence-electron chi connectivity index (χ4n) is 1.01. The topological polar surface area (TPSA) is 49.7 Å². The summed E-state index contributed by atoms with van der Waals surface area (Å²) in [4.78, 5) is 0. The number of methoxy groups -OCH3 is 1. The minimum Gasteiger partial charge on any atom is -0.496 e. The van der Waals surface area contributed by atoms with Crippen LogP contribution in [0.5, 0.6) is 5.75 Å². The number of rotatable bonds is 2. The molecule has 76 valence electrons. The third kappa shape index (κ3) is 4.70. The first kappa shape index (κ1) is 16.0. The van der Waals surface area contributed by atoms with E-state index in [-0.39, 0.29) is 19.5 Å². The average Bonchev–Trinajstić information content (AvgIpc) is 2.20. The fraction of sp³-hybridized carbons (Fsp3) is 0.400. The molecule has 0 aliphatic heterocycles. The number of aliphatic hydroxyl groups is 2. The van der Waals surface area contributed by atoms with Crippen LogP contribution in [0.4, 0.5) is 0 Å². The Labute approximate surface area is 97.5 Å². The molecule has 0 bridgehead atoms. The predicted molar refractivity (Wildman–Crippen MR) is 51.8 cm³/mol.